The highest BCUT2D eigenvalue weighted by atomic mass is 35.5. The number of hydrogen-bond acceptors (Lipinski definition) is 7. The van der Waals surface area contributed by atoms with Crippen LogP contribution in [0.3, 0.4) is 0 Å². The van der Waals surface area contributed by atoms with Crippen molar-refractivity contribution in [3.8, 4) is 23.3 Å². The first kappa shape index (κ1) is 21.6. The highest BCUT2D eigenvalue weighted by Gasteiger charge is 2.41. The van der Waals surface area contributed by atoms with Crippen molar-refractivity contribution in [1.82, 2.24) is 5.32 Å². The van der Waals surface area contributed by atoms with Crippen LogP contribution in [0, 0.1) is 11.3 Å². The number of aliphatic hydroxyl groups is 2. The number of halogens is 2. The standard InChI is InChI=1S/C19H16Cl2N2O5S/c20-12-3-11(9-22)4-15(6-12)28-16-7-13(21)5-14(8-16)27-10-18(24)23-17-1-2-29-19(17,25)26/h3-8,17,25-26H,1-2,10H2,(H,23,24). The van der Waals surface area contributed by atoms with Crippen LogP contribution in [0.2, 0.25) is 10.0 Å². The topological polar surface area (TPSA) is 112 Å². The lowest BCUT2D eigenvalue weighted by Crippen LogP contribution is -2.48. The number of nitriles is 1. The smallest absolute Gasteiger partial charge is 0.258 e. The number of nitrogens with one attached hydrogen (secondary N) is 1. The summed E-state index contributed by atoms with van der Waals surface area (Å²) in [7, 11) is 0. The van der Waals surface area contributed by atoms with Crippen LogP contribution in [0.25, 0.3) is 0 Å². The molecule has 0 aromatic heterocycles. The highest BCUT2D eigenvalue weighted by Crippen LogP contribution is 2.34. The largest absolute Gasteiger partial charge is 0.484 e. The Bertz CT molecular complexity index is 964. The van der Waals surface area contributed by atoms with Crippen molar-refractivity contribution in [3.63, 3.8) is 0 Å². The molecule has 0 saturated carbocycles. The van der Waals surface area contributed by atoms with Gasteiger partial charge in [-0.3, -0.25) is 4.79 Å². The van der Waals surface area contributed by atoms with E-state index in [4.69, 9.17) is 37.9 Å². The lowest BCUT2D eigenvalue weighted by atomic mass is 10.2. The molecule has 3 N–H and O–H groups in total. The molecule has 1 atom stereocenters. The van der Waals surface area contributed by atoms with Crippen molar-refractivity contribution in [2.24, 2.45) is 0 Å². The van der Waals surface area contributed by atoms with Crippen molar-refractivity contribution in [2.45, 2.75) is 17.6 Å². The van der Waals surface area contributed by atoms with Gasteiger partial charge in [0.05, 0.1) is 17.7 Å². The molecule has 2 aromatic rings. The van der Waals surface area contributed by atoms with E-state index in [1.165, 1.54) is 24.3 Å². The molecule has 1 saturated heterocycles. The molecule has 2 aromatic carbocycles. The van der Waals surface area contributed by atoms with Gasteiger partial charge in [-0.25, -0.2) is 0 Å². The van der Waals surface area contributed by atoms with Gasteiger partial charge in [0.25, 0.3) is 5.91 Å². The first-order chi connectivity index (χ1) is 13.7. The van der Waals surface area contributed by atoms with Gasteiger partial charge in [-0.05, 0) is 36.8 Å². The summed E-state index contributed by atoms with van der Waals surface area (Å²) in [6.07, 6.45) is 0.447. The van der Waals surface area contributed by atoms with E-state index in [2.05, 4.69) is 5.32 Å². The van der Waals surface area contributed by atoms with Crippen LogP contribution in [0.15, 0.2) is 36.4 Å². The minimum absolute atomic E-state index is 0.283. The first-order valence-corrected chi connectivity index (χ1v) is 10.2. The van der Waals surface area contributed by atoms with E-state index in [0.717, 1.165) is 11.8 Å². The van der Waals surface area contributed by atoms with Gasteiger partial charge in [-0.1, -0.05) is 35.0 Å². The Balaban J connectivity index is 1.64. The Labute approximate surface area is 181 Å². The van der Waals surface area contributed by atoms with E-state index in [-0.39, 0.29) is 12.4 Å². The summed E-state index contributed by atoms with van der Waals surface area (Å²) in [5, 5.41) is 29.8. The van der Waals surface area contributed by atoms with E-state index < -0.39 is 17.1 Å². The Morgan fingerprint density at radius 1 is 1.17 bits per heavy atom. The summed E-state index contributed by atoms with van der Waals surface area (Å²) >= 11 is 13.0. The molecule has 10 heteroatoms. The molecule has 0 bridgehead atoms. The number of carbonyl (C=O) groups is 1. The maximum Gasteiger partial charge on any atom is 0.258 e. The van der Waals surface area contributed by atoms with Gasteiger partial charge in [-0.15, -0.1) is 0 Å². The molecule has 1 heterocycles. The fourth-order valence-electron chi connectivity index (χ4n) is 2.67. The zero-order chi connectivity index (χ0) is 21.0. The lowest BCUT2D eigenvalue weighted by Gasteiger charge is -2.23. The Morgan fingerprint density at radius 2 is 1.83 bits per heavy atom. The van der Waals surface area contributed by atoms with Crippen LogP contribution in [-0.4, -0.2) is 39.6 Å². The molecule has 1 unspecified atom stereocenters. The zero-order valence-corrected chi connectivity index (χ0v) is 17.2. The maximum absolute atomic E-state index is 12.1. The zero-order valence-electron chi connectivity index (χ0n) is 14.9. The molecule has 1 amide bonds. The predicted molar refractivity (Wildman–Crippen MR) is 109 cm³/mol. The Kier molecular flexibility index (Phi) is 6.77. The molecule has 7 nitrogen and oxygen atoms in total. The number of nitrogens with zero attached hydrogens (tertiary/aromatic N) is 1. The Hall–Kier alpha value is -2.15. The van der Waals surface area contributed by atoms with E-state index in [0.29, 0.717) is 39.3 Å². The number of ether oxygens (including phenoxy) is 2. The van der Waals surface area contributed by atoms with Crippen molar-refractivity contribution in [2.75, 3.05) is 12.4 Å². The number of amides is 1. The molecule has 1 aliphatic heterocycles. The minimum Gasteiger partial charge on any atom is -0.484 e. The number of benzene rings is 2. The highest BCUT2D eigenvalue weighted by molar-refractivity contribution is 8.00. The summed E-state index contributed by atoms with van der Waals surface area (Å²) in [6.45, 7) is -0.341. The molecule has 1 aliphatic rings. The van der Waals surface area contributed by atoms with Gasteiger partial charge in [0.2, 0.25) is 5.12 Å². The van der Waals surface area contributed by atoms with Gasteiger partial charge in [-0.2, -0.15) is 5.26 Å². The van der Waals surface area contributed by atoms with Crippen LogP contribution in [-0.2, 0) is 4.79 Å². The molecule has 29 heavy (non-hydrogen) atoms. The second kappa shape index (κ2) is 9.11. The average molecular weight is 455 g/mol. The van der Waals surface area contributed by atoms with Gasteiger partial charge < -0.3 is 25.0 Å². The summed E-state index contributed by atoms with van der Waals surface area (Å²) in [6, 6.07) is 10.4. The van der Waals surface area contributed by atoms with Crippen LogP contribution < -0.4 is 14.8 Å². The number of rotatable bonds is 6. The fraction of sp³-hybridized carbons (Fsp3) is 0.263. The molecule has 1 fully saturated rings. The maximum atomic E-state index is 12.1. The SMILES string of the molecule is N#Cc1cc(Cl)cc(Oc2cc(Cl)cc(OCC(=O)NC3CCSC3(O)O)c2)c1. The normalized spacial score (nSPS) is 17.4. The molecular formula is C19H16Cl2N2O5S. The first-order valence-electron chi connectivity index (χ1n) is 8.45. The second-order valence-corrected chi connectivity index (χ2v) is 8.39. The summed E-state index contributed by atoms with van der Waals surface area (Å²) in [5.74, 6) is 0.994. The monoisotopic (exact) mass is 454 g/mol. The van der Waals surface area contributed by atoms with Gasteiger partial charge in [0, 0.05) is 21.9 Å². The third kappa shape index (κ3) is 5.92. The van der Waals surface area contributed by atoms with Crippen molar-refractivity contribution < 1.29 is 24.5 Å². The van der Waals surface area contributed by atoms with E-state index >= 15 is 0 Å². The van der Waals surface area contributed by atoms with Crippen molar-refractivity contribution in [1.29, 1.82) is 5.26 Å². The summed E-state index contributed by atoms with van der Waals surface area (Å²) < 4.78 is 11.1. The average Bonchev–Trinajstić information content (AvgIpc) is 2.97. The fourth-order valence-corrected chi connectivity index (χ4v) is 4.14. The quantitative estimate of drug-likeness (QED) is 0.573. The van der Waals surface area contributed by atoms with E-state index in [9.17, 15) is 15.0 Å². The molecule has 152 valence electrons. The molecule has 0 spiro atoms. The minimum atomic E-state index is -1.98. The molecular weight excluding hydrogens is 439 g/mol. The lowest BCUT2D eigenvalue weighted by molar-refractivity contribution is -0.132. The van der Waals surface area contributed by atoms with E-state index in [1.807, 2.05) is 6.07 Å². The summed E-state index contributed by atoms with van der Waals surface area (Å²) in [4.78, 5) is 12.1. The van der Waals surface area contributed by atoms with Crippen LogP contribution in [0.1, 0.15) is 12.0 Å². The van der Waals surface area contributed by atoms with Crippen molar-refractivity contribution in [3.05, 3.63) is 52.0 Å². The third-order valence-corrected chi connectivity index (χ3v) is 5.55. The summed E-state index contributed by atoms with van der Waals surface area (Å²) in [5.41, 5.74) is 0.344. The number of thioether (sulfide) groups is 1. The molecule has 3 rings (SSSR count). The van der Waals surface area contributed by atoms with Gasteiger partial charge >= 0.3 is 0 Å². The van der Waals surface area contributed by atoms with Crippen LogP contribution in [0.4, 0.5) is 0 Å². The Morgan fingerprint density at radius 3 is 2.48 bits per heavy atom. The number of hydrogen-bond donors (Lipinski definition) is 3. The van der Waals surface area contributed by atoms with Crippen molar-refractivity contribution >= 4 is 40.9 Å². The molecule has 0 radical (unpaired) electrons. The van der Waals surface area contributed by atoms with E-state index in [1.54, 1.807) is 12.1 Å². The second-order valence-electron chi connectivity index (χ2n) is 6.22. The van der Waals surface area contributed by atoms with Crippen LogP contribution >= 0.6 is 35.0 Å². The molecule has 0 aliphatic carbocycles. The van der Waals surface area contributed by atoms with Gasteiger partial charge in [0.15, 0.2) is 6.61 Å². The third-order valence-electron chi connectivity index (χ3n) is 3.96. The van der Waals surface area contributed by atoms with Gasteiger partial charge in [0.1, 0.15) is 17.2 Å². The van der Waals surface area contributed by atoms with Crippen LogP contribution in [0.5, 0.6) is 17.2 Å². The number of carbonyl (C=O) groups excluding carboxylic acids is 1. The predicted octanol–water partition coefficient (Wildman–Crippen LogP) is 3.30.